The van der Waals surface area contributed by atoms with E-state index in [0.717, 1.165) is 41.6 Å². The Morgan fingerprint density at radius 3 is 2.65 bits per heavy atom. The van der Waals surface area contributed by atoms with Gasteiger partial charge in [-0.15, -0.1) is 0 Å². The summed E-state index contributed by atoms with van der Waals surface area (Å²) in [5.41, 5.74) is 9.08. The molecule has 3 aromatic rings. The van der Waals surface area contributed by atoms with Gasteiger partial charge in [-0.25, -0.2) is 4.98 Å². The number of aromatic nitrogens is 2. The van der Waals surface area contributed by atoms with Crippen molar-refractivity contribution in [2.45, 2.75) is 50.1 Å². The molecule has 0 fully saturated rings. The quantitative estimate of drug-likeness (QED) is 0.317. The van der Waals surface area contributed by atoms with Crippen molar-refractivity contribution in [1.82, 2.24) is 15.3 Å². The van der Waals surface area contributed by atoms with Crippen molar-refractivity contribution in [3.05, 3.63) is 69.3 Å². The van der Waals surface area contributed by atoms with Crippen LogP contribution in [0.1, 0.15) is 47.6 Å². The molecular weight excluding hydrogens is 452 g/mol. The third-order valence-electron chi connectivity index (χ3n) is 5.86. The van der Waals surface area contributed by atoms with Gasteiger partial charge in [0.15, 0.2) is 16.7 Å². The highest BCUT2D eigenvalue weighted by molar-refractivity contribution is 7.98. The Labute approximate surface area is 201 Å². The van der Waals surface area contributed by atoms with Crippen LogP contribution in [0.3, 0.4) is 0 Å². The summed E-state index contributed by atoms with van der Waals surface area (Å²) in [6.07, 6.45) is 2.66. The van der Waals surface area contributed by atoms with Gasteiger partial charge in [-0.1, -0.05) is 49.9 Å². The maximum absolute atomic E-state index is 12.6. The smallest absolute Gasteiger partial charge is 0.287 e. The lowest BCUT2D eigenvalue weighted by Crippen LogP contribution is -2.46. The van der Waals surface area contributed by atoms with Gasteiger partial charge in [0.1, 0.15) is 5.76 Å². The van der Waals surface area contributed by atoms with Crippen LogP contribution < -0.4 is 16.6 Å². The molecule has 0 saturated heterocycles. The molecule has 0 aliphatic heterocycles. The van der Waals surface area contributed by atoms with Crippen molar-refractivity contribution in [2.75, 3.05) is 6.54 Å². The number of nitrogens with two attached hydrogens (primary N) is 1. The van der Waals surface area contributed by atoms with Gasteiger partial charge in [-0.2, -0.15) is 0 Å². The summed E-state index contributed by atoms with van der Waals surface area (Å²) in [6, 6.07) is 10.5. The van der Waals surface area contributed by atoms with E-state index in [4.69, 9.17) is 10.2 Å². The molecule has 9 heteroatoms. The first kappa shape index (κ1) is 24.0. The zero-order valence-electron chi connectivity index (χ0n) is 19.2. The Bertz CT molecular complexity index is 1250. The molecule has 34 heavy (non-hydrogen) atoms. The number of nitrogens with one attached hydrogen (secondary N) is 2. The number of aromatic amines is 1. The van der Waals surface area contributed by atoms with E-state index in [0.29, 0.717) is 16.7 Å². The van der Waals surface area contributed by atoms with Gasteiger partial charge in [0.25, 0.3) is 11.5 Å². The average molecular weight is 481 g/mol. The molecule has 1 aliphatic carbocycles. The third kappa shape index (κ3) is 5.31. The molecule has 4 rings (SSSR count). The number of hydrogen-bond donors (Lipinski definition) is 3. The average Bonchev–Trinajstić information content (AvgIpc) is 3.51. The van der Waals surface area contributed by atoms with Crippen molar-refractivity contribution in [2.24, 2.45) is 11.7 Å². The van der Waals surface area contributed by atoms with Crippen LogP contribution in [0, 0.1) is 5.92 Å². The van der Waals surface area contributed by atoms with Crippen LogP contribution in [0.15, 0.2) is 50.8 Å². The lowest BCUT2D eigenvalue weighted by atomic mass is 10.00. The molecule has 1 aliphatic rings. The number of H-pyrrole nitrogens is 1. The number of benzene rings is 1. The Balaban J connectivity index is 1.39. The Morgan fingerprint density at radius 2 is 1.94 bits per heavy atom. The molecule has 2 aromatic heterocycles. The van der Waals surface area contributed by atoms with E-state index in [1.807, 2.05) is 38.1 Å². The first-order chi connectivity index (χ1) is 16.4. The fourth-order valence-corrected chi connectivity index (χ4v) is 4.81. The number of carbonyl (C=O) groups excluding carboxylic acids is 2. The number of rotatable bonds is 9. The van der Waals surface area contributed by atoms with Crippen LogP contribution in [0.2, 0.25) is 0 Å². The number of furan rings is 1. The van der Waals surface area contributed by atoms with Crippen molar-refractivity contribution < 1.29 is 14.0 Å². The van der Waals surface area contributed by atoms with Crippen LogP contribution in [-0.4, -0.2) is 34.2 Å². The van der Waals surface area contributed by atoms with Gasteiger partial charge in [0.2, 0.25) is 0 Å². The summed E-state index contributed by atoms with van der Waals surface area (Å²) in [7, 11) is 0. The second kappa shape index (κ2) is 10.4. The van der Waals surface area contributed by atoms with Gasteiger partial charge >= 0.3 is 0 Å². The van der Waals surface area contributed by atoms with Crippen molar-refractivity contribution in [3.63, 3.8) is 0 Å². The lowest BCUT2D eigenvalue weighted by Gasteiger charge is -2.19. The lowest BCUT2D eigenvalue weighted by molar-refractivity contribution is -0.120. The van der Waals surface area contributed by atoms with Gasteiger partial charge in [-0.3, -0.25) is 14.4 Å². The predicted octanol–water partition coefficient (Wildman–Crippen LogP) is 3.09. The van der Waals surface area contributed by atoms with Gasteiger partial charge in [-0.05, 0) is 42.9 Å². The van der Waals surface area contributed by atoms with E-state index in [-0.39, 0.29) is 29.6 Å². The molecule has 4 N–H and O–H groups in total. The molecule has 1 aromatic carbocycles. The minimum Gasteiger partial charge on any atom is -0.451 e. The maximum atomic E-state index is 12.6. The Morgan fingerprint density at radius 1 is 1.18 bits per heavy atom. The molecule has 2 heterocycles. The number of hydrogen-bond acceptors (Lipinski definition) is 7. The van der Waals surface area contributed by atoms with Gasteiger partial charge in [0.05, 0.1) is 18.3 Å². The zero-order valence-corrected chi connectivity index (χ0v) is 20.0. The number of amides is 1. The van der Waals surface area contributed by atoms with Crippen LogP contribution in [0.25, 0.3) is 11.3 Å². The minimum atomic E-state index is -0.655. The summed E-state index contributed by atoms with van der Waals surface area (Å²) in [4.78, 5) is 44.2. The molecule has 0 radical (unpaired) electrons. The molecular formula is C25H28N4O4S. The molecule has 0 spiro atoms. The summed E-state index contributed by atoms with van der Waals surface area (Å²) >= 11 is 1.50. The van der Waals surface area contributed by atoms with E-state index < -0.39 is 11.9 Å². The van der Waals surface area contributed by atoms with Crippen LogP contribution in [0.5, 0.6) is 0 Å². The largest absolute Gasteiger partial charge is 0.451 e. The summed E-state index contributed by atoms with van der Waals surface area (Å²) in [5.74, 6) is 0.611. The molecule has 8 nitrogen and oxygen atoms in total. The molecule has 1 atom stereocenters. The van der Waals surface area contributed by atoms with E-state index in [2.05, 4.69) is 15.3 Å². The summed E-state index contributed by atoms with van der Waals surface area (Å²) < 4.78 is 5.74. The fourth-order valence-electron chi connectivity index (χ4n) is 3.98. The topological polar surface area (TPSA) is 131 Å². The van der Waals surface area contributed by atoms with Crippen molar-refractivity contribution >= 4 is 23.5 Å². The zero-order chi connectivity index (χ0) is 24.2. The standard InChI is InChI=1S/C25H28N4O4S/c1-14(2)22(19(30)12-26)28-24(32)21-11-10-20(33-21)16-8-6-15(7-9-16)13-34-25-27-18-5-3-4-17(18)23(31)29-25/h6-11,14,22H,3-5,12-13,26H2,1-2H3,(H,28,32)(H,27,29,31)/t22-/m1/s1. The summed E-state index contributed by atoms with van der Waals surface area (Å²) in [5, 5.41) is 3.36. The first-order valence-corrected chi connectivity index (χ1v) is 12.3. The SMILES string of the molecule is CC(C)[C@@H](NC(=O)c1ccc(-c2ccc(CSc3nc4c(c(=O)[nH]3)CCC4)cc2)o1)C(=O)CN. The number of thioether (sulfide) groups is 1. The highest BCUT2D eigenvalue weighted by Gasteiger charge is 2.25. The molecule has 178 valence electrons. The second-order valence-electron chi connectivity index (χ2n) is 8.66. The number of nitrogens with zero attached hydrogens (tertiary/aromatic N) is 1. The number of Topliss-reactive ketones (excluding diaryl/α,β-unsaturated/α-hetero) is 1. The number of ketones is 1. The van der Waals surface area contributed by atoms with Crippen LogP contribution in [0.4, 0.5) is 0 Å². The molecule has 0 bridgehead atoms. The molecule has 0 unspecified atom stereocenters. The van der Waals surface area contributed by atoms with Crippen LogP contribution >= 0.6 is 11.8 Å². The van der Waals surface area contributed by atoms with E-state index >= 15 is 0 Å². The van der Waals surface area contributed by atoms with E-state index in [1.165, 1.54) is 11.8 Å². The normalized spacial score (nSPS) is 13.6. The van der Waals surface area contributed by atoms with Gasteiger partial charge < -0.3 is 20.5 Å². The monoisotopic (exact) mass is 480 g/mol. The summed E-state index contributed by atoms with van der Waals surface area (Å²) in [6.45, 7) is 3.57. The number of fused-ring (bicyclic) bond motifs is 1. The highest BCUT2D eigenvalue weighted by atomic mass is 32.2. The first-order valence-electron chi connectivity index (χ1n) is 11.3. The van der Waals surface area contributed by atoms with Crippen molar-refractivity contribution in [1.29, 1.82) is 0 Å². The Hall–Kier alpha value is -3.17. The maximum Gasteiger partial charge on any atom is 0.287 e. The highest BCUT2D eigenvalue weighted by Crippen LogP contribution is 2.26. The van der Waals surface area contributed by atoms with E-state index in [1.54, 1.807) is 12.1 Å². The fraction of sp³-hybridized carbons (Fsp3) is 0.360. The number of aryl methyl sites for hydroxylation is 1. The number of carbonyl (C=O) groups is 2. The third-order valence-corrected chi connectivity index (χ3v) is 6.81. The minimum absolute atomic E-state index is 0.0230. The van der Waals surface area contributed by atoms with E-state index in [9.17, 15) is 14.4 Å². The second-order valence-corrected chi connectivity index (χ2v) is 9.63. The van der Waals surface area contributed by atoms with Crippen LogP contribution in [-0.2, 0) is 23.4 Å². The van der Waals surface area contributed by atoms with Gasteiger partial charge in [0, 0.05) is 16.9 Å². The molecule has 1 amide bonds. The predicted molar refractivity (Wildman–Crippen MR) is 131 cm³/mol. The van der Waals surface area contributed by atoms with Crippen molar-refractivity contribution in [3.8, 4) is 11.3 Å². The Kier molecular flexibility index (Phi) is 7.33. The molecule has 0 saturated carbocycles.